The molecule has 1 heterocycles. The van der Waals surface area contributed by atoms with Crippen LogP contribution in [0.3, 0.4) is 0 Å². The lowest BCUT2D eigenvalue weighted by Crippen LogP contribution is -2.01. The van der Waals surface area contributed by atoms with E-state index in [0.717, 1.165) is 11.3 Å². The van der Waals surface area contributed by atoms with E-state index in [-0.39, 0.29) is 0 Å². The fourth-order valence-corrected chi connectivity index (χ4v) is 2.79. The lowest BCUT2D eigenvalue weighted by atomic mass is 10.2. The number of anilines is 1. The molecule has 0 aliphatic carbocycles. The van der Waals surface area contributed by atoms with E-state index in [4.69, 9.17) is 0 Å². The predicted molar refractivity (Wildman–Crippen MR) is 97.6 cm³/mol. The molecule has 0 radical (unpaired) electrons. The fourth-order valence-electron chi connectivity index (χ4n) is 2.79. The lowest BCUT2D eigenvalue weighted by Gasteiger charge is -2.12. The van der Waals surface area contributed by atoms with Crippen molar-refractivity contribution in [3.05, 3.63) is 83.2 Å². The Morgan fingerprint density at radius 3 is 2.35 bits per heavy atom. The molecule has 0 bridgehead atoms. The van der Waals surface area contributed by atoms with Gasteiger partial charge in [-0.1, -0.05) is 36.4 Å². The van der Waals surface area contributed by atoms with Crippen LogP contribution in [0.15, 0.2) is 65.8 Å². The van der Waals surface area contributed by atoms with Gasteiger partial charge in [0.15, 0.2) is 0 Å². The molecular weight excluding hydrogens is 282 g/mol. The Bertz CT molecular complexity index is 829. The summed E-state index contributed by atoms with van der Waals surface area (Å²) >= 11 is 0. The van der Waals surface area contributed by atoms with Gasteiger partial charge in [0.1, 0.15) is 0 Å². The molecular formula is C20H21N3. The zero-order valence-corrected chi connectivity index (χ0v) is 13.7. The monoisotopic (exact) mass is 303 g/mol. The van der Waals surface area contributed by atoms with Gasteiger partial charge >= 0.3 is 0 Å². The first kappa shape index (κ1) is 15.1. The van der Waals surface area contributed by atoms with Crippen LogP contribution in [0.5, 0.6) is 0 Å². The minimum absolute atomic E-state index is 0.983. The Hall–Kier alpha value is -2.81. The lowest BCUT2D eigenvalue weighted by molar-refractivity contribution is 0.954. The molecule has 23 heavy (non-hydrogen) atoms. The van der Waals surface area contributed by atoms with E-state index in [9.17, 15) is 0 Å². The predicted octanol–water partition coefficient (Wildman–Crippen LogP) is 4.85. The summed E-state index contributed by atoms with van der Waals surface area (Å²) in [5, 5.41) is 4.35. The maximum Gasteiger partial charge on any atom is 0.0562 e. The Balaban J connectivity index is 1.88. The molecule has 3 rings (SSSR count). The summed E-state index contributed by atoms with van der Waals surface area (Å²) in [7, 11) is 0. The number of rotatable bonds is 4. The quantitative estimate of drug-likeness (QED) is 0.542. The van der Waals surface area contributed by atoms with Crippen molar-refractivity contribution in [1.29, 1.82) is 0 Å². The molecule has 3 nitrogen and oxygen atoms in total. The largest absolute Gasteiger partial charge is 0.318 e. The Morgan fingerprint density at radius 1 is 0.913 bits per heavy atom. The number of nitrogens with zero attached hydrogens (tertiary/aromatic N) is 2. The smallest absolute Gasteiger partial charge is 0.0562 e. The Morgan fingerprint density at radius 2 is 1.61 bits per heavy atom. The van der Waals surface area contributed by atoms with Crippen molar-refractivity contribution in [3.8, 4) is 5.69 Å². The molecule has 0 spiro atoms. The van der Waals surface area contributed by atoms with Crippen LogP contribution in [0.25, 0.3) is 5.69 Å². The second-order valence-corrected chi connectivity index (χ2v) is 5.68. The number of aryl methyl sites for hydroxylation is 2. The number of hydrogen-bond donors (Lipinski definition) is 1. The molecule has 0 saturated heterocycles. The number of benzene rings is 2. The number of hydrazone groups is 1. The van der Waals surface area contributed by atoms with Crippen molar-refractivity contribution in [2.24, 2.45) is 5.10 Å². The molecule has 1 N–H and O–H groups in total. The normalized spacial score (nSPS) is 11.1. The summed E-state index contributed by atoms with van der Waals surface area (Å²) in [5.74, 6) is 0. The van der Waals surface area contributed by atoms with Crippen LogP contribution >= 0.6 is 0 Å². The first-order valence-electron chi connectivity index (χ1n) is 7.76. The molecule has 0 aliphatic heterocycles. The van der Waals surface area contributed by atoms with Gasteiger partial charge in [0.25, 0.3) is 0 Å². The second-order valence-electron chi connectivity index (χ2n) is 5.68. The van der Waals surface area contributed by atoms with Crippen LogP contribution in [0.2, 0.25) is 0 Å². The minimum Gasteiger partial charge on any atom is -0.318 e. The van der Waals surface area contributed by atoms with Crippen LogP contribution < -0.4 is 5.43 Å². The number of nitrogens with one attached hydrogen (secondary N) is 1. The van der Waals surface area contributed by atoms with Crippen LogP contribution in [0.1, 0.15) is 22.5 Å². The Kier molecular flexibility index (Phi) is 4.29. The van der Waals surface area contributed by atoms with Gasteiger partial charge in [-0.15, -0.1) is 0 Å². The van der Waals surface area contributed by atoms with Gasteiger partial charge in [-0.25, -0.2) is 0 Å². The van der Waals surface area contributed by atoms with Crippen LogP contribution in [-0.2, 0) is 0 Å². The van der Waals surface area contributed by atoms with E-state index in [1.807, 2.05) is 36.5 Å². The van der Waals surface area contributed by atoms with Gasteiger partial charge < -0.3 is 4.57 Å². The van der Waals surface area contributed by atoms with Crippen molar-refractivity contribution in [2.75, 3.05) is 5.43 Å². The van der Waals surface area contributed by atoms with E-state index in [0.29, 0.717) is 0 Å². The third-order valence-corrected chi connectivity index (χ3v) is 4.00. The van der Waals surface area contributed by atoms with Crippen molar-refractivity contribution in [2.45, 2.75) is 20.8 Å². The maximum absolute atomic E-state index is 4.35. The van der Waals surface area contributed by atoms with Crippen molar-refractivity contribution in [1.82, 2.24) is 4.57 Å². The third kappa shape index (κ3) is 3.19. The third-order valence-electron chi connectivity index (χ3n) is 4.00. The van der Waals surface area contributed by atoms with Gasteiger partial charge in [-0.2, -0.15) is 5.10 Å². The zero-order valence-electron chi connectivity index (χ0n) is 13.7. The van der Waals surface area contributed by atoms with E-state index >= 15 is 0 Å². The van der Waals surface area contributed by atoms with Crippen molar-refractivity contribution < 1.29 is 0 Å². The van der Waals surface area contributed by atoms with Gasteiger partial charge in [0, 0.05) is 22.6 Å². The van der Waals surface area contributed by atoms with E-state index < -0.39 is 0 Å². The van der Waals surface area contributed by atoms with Gasteiger partial charge in [0.2, 0.25) is 0 Å². The average Bonchev–Trinajstić information content (AvgIpc) is 2.83. The maximum atomic E-state index is 4.35. The summed E-state index contributed by atoms with van der Waals surface area (Å²) in [6, 6.07) is 20.6. The van der Waals surface area contributed by atoms with E-state index in [1.54, 1.807) is 0 Å². The molecule has 0 atom stereocenters. The zero-order chi connectivity index (χ0) is 16.2. The van der Waals surface area contributed by atoms with E-state index in [1.165, 1.54) is 22.6 Å². The van der Waals surface area contributed by atoms with E-state index in [2.05, 4.69) is 66.2 Å². The summed E-state index contributed by atoms with van der Waals surface area (Å²) in [6.07, 6.45) is 1.88. The standard InChI is InChI=1S/C20H21N3/c1-15-9-7-8-12-20(15)23-16(2)13-18(17(23)3)14-21-22-19-10-5-4-6-11-19/h4-14,22H,1-3H3/b21-14-. The highest BCUT2D eigenvalue weighted by Gasteiger charge is 2.10. The van der Waals surface area contributed by atoms with Gasteiger partial charge in [-0.05, 0) is 50.6 Å². The molecule has 0 amide bonds. The van der Waals surface area contributed by atoms with Crippen molar-refractivity contribution >= 4 is 11.9 Å². The highest BCUT2D eigenvalue weighted by Crippen LogP contribution is 2.22. The molecule has 1 aromatic heterocycles. The number of hydrogen-bond acceptors (Lipinski definition) is 2. The highest BCUT2D eigenvalue weighted by molar-refractivity contribution is 5.82. The first-order valence-corrected chi connectivity index (χ1v) is 7.76. The number of para-hydroxylation sites is 2. The molecule has 0 saturated carbocycles. The molecule has 2 aromatic carbocycles. The molecule has 3 aromatic rings. The second kappa shape index (κ2) is 6.53. The van der Waals surface area contributed by atoms with Crippen LogP contribution in [0, 0.1) is 20.8 Å². The minimum atomic E-state index is 0.983. The summed E-state index contributed by atoms with van der Waals surface area (Å²) < 4.78 is 2.28. The van der Waals surface area contributed by atoms with Crippen LogP contribution in [0.4, 0.5) is 5.69 Å². The Labute approximate surface area is 137 Å². The fraction of sp³-hybridized carbons (Fsp3) is 0.150. The summed E-state index contributed by atoms with van der Waals surface area (Å²) in [6.45, 7) is 6.39. The van der Waals surface area contributed by atoms with Crippen molar-refractivity contribution in [3.63, 3.8) is 0 Å². The number of aromatic nitrogens is 1. The molecule has 0 aliphatic rings. The topological polar surface area (TPSA) is 29.3 Å². The molecule has 0 fully saturated rings. The first-order chi connectivity index (χ1) is 11.2. The van der Waals surface area contributed by atoms with Gasteiger partial charge in [-0.3, -0.25) is 5.43 Å². The summed E-state index contributed by atoms with van der Waals surface area (Å²) in [5.41, 5.74) is 10.0. The SMILES string of the molecule is Cc1ccccc1-n1c(C)cc(/C=N\Nc2ccccc2)c1C. The van der Waals surface area contributed by atoms with Gasteiger partial charge in [0.05, 0.1) is 11.9 Å². The molecule has 116 valence electrons. The highest BCUT2D eigenvalue weighted by atomic mass is 15.3. The molecule has 0 unspecified atom stereocenters. The van der Waals surface area contributed by atoms with Crippen LogP contribution in [-0.4, -0.2) is 10.8 Å². The summed E-state index contributed by atoms with van der Waals surface area (Å²) in [4.78, 5) is 0. The average molecular weight is 303 g/mol. The molecule has 3 heteroatoms.